The summed E-state index contributed by atoms with van der Waals surface area (Å²) in [5.41, 5.74) is 6.43. The first kappa shape index (κ1) is 24.1. The summed E-state index contributed by atoms with van der Waals surface area (Å²) in [5.74, 6) is -0.528. The van der Waals surface area contributed by atoms with Crippen molar-refractivity contribution in [2.45, 2.75) is 19.5 Å². The minimum absolute atomic E-state index is 0.144. The molecule has 184 valence electrons. The van der Waals surface area contributed by atoms with Crippen molar-refractivity contribution in [3.8, 4) is 11.1 Å². The lowest BCUT2D eigenvalue weighted by molar-refractivity contribution is 0.0600. The van der Waals surface area contributed by atoms with Crippen LogP contribution in [0.3, 0.4) is 0 Å². The van der Waals surface area contributed by atoms with Gasteiger partial charge in [0.2, 0.25) is 0 Å². The van der Waals surface area contributed by atoms with Crippen LogP contribution in [0.1, 0.15) is 44.8 Å². The zero-order chi connectivity index (χ0) is 25.8. The van der Waals surface area contributed by atoms with E-state index in [4.69, 9.17) is 4.74 Å². The van der Waals surface area contributed by atoms with Crippen molar-refractivity contribution in [2.75, 3.05) is 7.11 Å². The van der Waals surface area contributed by atoms with E-state index in [-0.39, 0.29) is 17.9 Å². The number of amides is 1. The van der Waals surface area contributed by atoms with Crippen molar-refractivity contribution in [3.63, 3.8) is 0 Å². The van der Waals surface area contributed by atoms with Crippen LogP contribution in [0.4, 0.5) is 0 Å². The molecule has 0 saturated carbocycles. The SMILES string of the molecule is COC(=O)c1ccc([C@H](C)NC(=O)c2cccc3ccn(Cc4ccc(-c5ccccc5)cc4)c23)cc1. The third kappa shape index (κ3) is 5.16. The Kier molecular flexibility index (Phi) is 6.86. The molecular weight excluding hydrogens is 460 g/mol. The number of esters is 1. The number of para-hydroxylation sites is 1. The predicted molar refractivity (Wildman–Crippen MR) is 147 cm³/mol. The number of nitrogens with zero attached hydrogens (tertiary/aromatic N) is 1. The van der Waals surface area contributed by atoms with Crippen LogP contribution >= 0.6 is 0 Å². The van der Waals surface area contributed by atoms with Crippen LogP contribution in [-0.4, -0.2) is 23.6 Å². The molecule has 0 saturated heterocycles. The maximum Gasteiger partial charge on any atom is 0.337 e. The van der Waals surface area contributed by atoms with E-state index in [0.717, 1.165) is 22.0 Å². The average molecular weight is 489 g/mol. The summed E-state index contributed by atoms with van der Waals surface area (Å²) in [6, 6.07) is 33.5. The molecule has 1 heterocycles. The maximum absolute atomic E-state index is 13.4. The fraction of sp³-hybridized carbons (Fsp3) is 0.125. The standard InChI is InChI=1S/C32H28N2O3/c1-22(24-15-17-28(18-16-24)32(36)37-2)33-31(35)29-10-6-9-27-19-20-34(30(27)29)21-23-11-13-26(14-12-23)25-7-4-3-5-8-25/h3-20,22H,21H2,1-2H3,(H,33,35)/t22-/m0/s1. The Balaban J connectivity index is 1.36. The van der Waals surface area contributed by atoms with Gasteiger partial charge in [-0.05, 0) is 53.4 Å². The van der Waals surface area contributed by atoms with Gasteiger partial charge in [0, 0.05) is 18.1 Å². The molecule has 0 bridgehead atoms. The first-order chi connectivity index (χ1) is 18.0. The summed E-state index contributed by atoms with van der Waals surface area (Å²) in [6.45, 7) is 2.59. The van der Waals surface area contributed by atoms with Gasteiger partial charge in [0.15, 0.2) is 0 Å². The molecule has 5 rings (SSSR count). The number of ether oxygens (including phenoxy) is 1. The van der Waals surface area contributed by atoms with Gasteiger partial charge in [0.05, 0.1) is 29.8 Å². The summed E-state index contributed by atoms with van der Waals surface area (Å²) in [4.78, 5) is 25.1. The second-order valence-corrected chi connectivity index (χ2v) is 9.06. The second kappa shape index (κ2) is 10.5. The molecule has 0 aliphatic carbocycles. The van der Waals surface area contributed by atoms with Crippen LogP contribution in [0.5, 0.6) is 0 Å². The Hall–Kier alpha value is -4.64. The smallest absolute Gasteiger partial charge is 0.337 e. The number of nitrogens with one attached hydrogen (secondary N) is 1. The topological polar surface area (TPSA) is 60.3 Å². The maximum atomic E-state index is 13.4. The Bertz CT molecular complexity index is 1540. The summed E-state index contributed by atoms with van der Waals surface area (Å²) in [6.07, 6.45) is 2.03. The lowest BCUT2D eigenvalue weighted by Crippen LogP contribution is -2.27. The number of carbonyl (C=O) groups excluding carboxylic acids is 2. The Morgan fingerprint density at radius 1 is 0.811 bits per heavy atom. The van der Waals surface area contributed by atoms with Crippen molar-refractivity contribution >= 4 is 22.8 Å². The molecule has 1 aromatic heterocycles. The molecule has 0 unspecified atom stereocenters. The number of hydrogen-bond acceptors (Lipinski definition) is 3. The van der Waals surface area contributed by atoms with E-state index in [2.05, 4.69) is 46.3 Å². The molecule has 1 N–H and O–H groups in total. The van der Waals surface area contributed by atoms with E-state index in [0.29, 0.717) is 17.7 Å². The van der Waals surface area contributed by atoms with Crippen molar-refractivity contribution < 1.29 is 14.3 Å². The second-order valence-electron chi connectivity index (χ2n) is 9.06. The van der Waals surface area contributed by atoms with Gasteiger partial charge in [-0.2, -0.15) is 0 Å². The van der Waals surface area contributed by atoms with Crippen LogP contribution in [-0.2, 0) is 11.3 Å². The lowest BCUT2D eigenvalue weighted by atomic mass is 10.0. The van der Waals surface area contributed by atoms with Gasteiger partial charge in [0.25, 0.3) is 5.91 Å². The van der Waals surface area contributed by atoms with Crippen molar-refractivity contribution in [2.24, 2.45) is 0 Å². The fourth-order valence-corrected chi connectivity index (χ4v) is 4.59. The first-order valence-electron chi connectivity index (χ1n) is 12.2. The number of aromatic nitrogens is 1. The van der Waals surface area contributed by atoms with E-state index in [1.54, 1.807) is 12.1 Å². The number of rotatable bonds is 7. The molecule has 1 atom stereocenters. The Morgan fingerprint density at radius 3 is 2.22 bits per heavy atom. The fourth-order valence-electron chi connectivity index (χ4n) is 4.59. The highest BCUT2D eigenvalue weighted by Gasteiger charge is 2.17. The van der Waals surface area contributed by atoms with Gasteiger partial charge in [-0.3, -0.25) is 4.79 Å². The largest absolute Gasteiger partial charge is 0.465 e. The van der Waals surface area contributed by atoms with Crippen LogP contribution < -0.4 is 5.32 Å². The normalized spacial score (nSPS) is 11.7. The molecule has 0 aliphatic rings. The Morgan fingerprint density at radius 2 is 1.51 bits per heavy atom. The zero-order valence-electron chi connectivity index (χ0n) is 20.8. The van der Waals surface area contributed by atoms with Gasteiger partial charge in [-0.25, -0.2) is 4.79 Å². The van der Waals surface area contributed by atoms with Gasteiger partial charge >= 0.3 is 5.97 Å². The van der Waals surface area contributed by atoms with E-state index >= 15 is 0 Å². The first-order valence-corrected chi connectivity index (χ1v) is 12.2. The minimum atomic E-state index is -0.384. The van der Waals surface area contributed by atoms with Crippen LogP contribution in [0.2, 0.25) is 0 Å². The minimum Gasteiger partial charge on any atom is -0.465 e. The quantitative estimate of drug-likeness (QED) is 0.262. The van der Waals surface area contributed by atoms with E-state index in [1.807, 2.05) is 67.7 Å². The molecule has 5 aromatic rings. The number of fused-ring (bicyclic) bond motifs is 1. The van der Waals surface area contributed by atoms with Gasteiger partial charge < -0.3 is 14.6 Å². The lowest BCUT2D eigenvalue weighted by Gasteiger charge is -2.16. The van der Waals surface area contributed by atoms with Crippen LogP contribution in [0.15, 0.2) is 109 Å². The molecule has 0 fully saturated rings. The number of hydrogen-bond donors (Lipinski definition) is 1. The number of methoxy groups -OCH3 is 1. The summed E-state index contributed by atoms with van der Waals surface area (Å²) in [7, 11) is 1.36. The van der Waals surface area contributed by atoms with Crippen molar-refractivity contribution in [3.05, 3.63) is 132 Å². The van der Waals surface area contributed by atoms with E-state index < -0.39 is 0 Å². The van der Waals surface area contributed by atoms with Crippen molar-refractivity contribution in [1.82, 2.24) is 9.88 Å². The molecule has 0 spiro atoms. The molecule has 5 heteroatoms. The van der Waals surface area contributed by atoms with E-state index in [9.17, 15) is 9.59 Å². The summed E-state index contributed by atoms with van der Waals surface area (Å²) in [5, 5.41) is 4.12. The molecule has 0 radical (unpaired) electrons. The average Bonchev–Trinajstić information content (AvgIpc) is 3.36. The highest BCUT2D eigenvalue weighted by Crippen LogP contribution is 2.24. The third-order valence-corrected chi connectivity index (χ3v) is 6.63. The summed E-state index contributed by atoms with van der Waals surface area (Å²) >= 11 is 0. The van der Waals surface area contributed by atoms with Gasteiger partial charge in [0.1, 0.15) is 0 Å². The summed E-state index contributed by atoms with van der Waals surface area (Å²) < 4.78 is 6.88. The number of carbonyl (C=O) groups is 2. The Labute approximate surface area is 216 Å². The molecule has 4 aromatic carbocycles. The highest BCUT2D eigenvalue weighted by atomic mass is 16.5. The van der Waals surface area contributed by atoms with Crippen molar-refractivity contribution in [1.29, 1.82) is 0 Å². The predicted octanol–water partition coefficient (Wildman–Crippen LogP) is 6.63. The van der Waals surface area contributed by atoms with Gasteiger partial charge in [-0.1, -0.05) is 78.9 Å². The highest BCUT2D eigenvalue weighted by molar-refractivity contribution is 6.06. The molecule has 0 aliphatic heterocycles. The van der Waals surface area contributed by atoms with Crippen LogP contribution in [0.25, 0.3) is 22.0 Å². The molecule has 5 nitrogen and oxygen atoms in total. The third-order valence-electron chi connectivity index (χ3n) is 6.63. The number of benzene rings is 4. The monoisotopic (exact) mass is 488 g/mol. The van der Waals surface area contributed by atoms with Gasteiger partial charge in [-0.15, -0.1) is 0 Å². The molecule has 37 heavy (non-hydrogen) atoms. The molecule has 1 amide bonds. The van der Waals surface area contributed by atoms with E-state index in [1.165, 1.54) is 18.2 Å². The molecular formula is C32H28N2O3. The zero-order valence-corrected chi connectivity index (χ0v) is 20.8. The van der Waals surface area contributed by atoms with Crippen LogP contribution in [0, 0.1) is 0 Å².